The second-order valence-corrected chi connectivity index (χ2v) is 6.05. The third-order valence-electron chi connectivity index (χ3n) is 4.40. The largest absolute Gasteiger partial charge is 0.465 e. The molecule has 0 bridgehead atoms. The van der Waals surface area contributed by atoms with Gasteiger partial charge in [-0.05, 0) is 24.1 Å². The molecule has 0 spiro atoms. The number of carbonyl (C=O) groups is 1. The summed E-state index contributed by atoms with van der Waals surface area (Å²) in [6.07, 6.45) is 4.04. The highest BCUT2D eigenvalue weighted by Gasteiger charge is 2.23. The van der Waals surface area contributed by atoms with Crippen LogP contribution in [0.5, 0.6) is 0 Å². The Hall–Kier alpha value is -2.84. The zero-order valence-corrected chi connectivity index (χ0v) is 14.1. The van der Waals surface area contributed by atoms with Crippen molar-refractivity contribution in [1.82, 2.24) is 9.80 Å². The highest BCUT2D eigenvalue weighted by Crippen LogP contribution is 2.12. The van der Waals surface area contributed by atoms with Crippen molar-refractivity contribution in [2.24, 2.45) is 0 Å². The number of furan rings is 1. The van der Waals surface area contributed by atoms with E-state index in [4.69, 9.17) is 4.42 Å². The molecular formula is C20H21N3O2. The Balaban J connectivity index is 1.51. The number of amides is 1. The minimum Gasteiger partial charge on any atom is -0.465 e. The highest BCUT2D eigenvalue weighted by atomic mass is 16.3. The van der Waals surface area contributed by atoms with Gasteiger partial charge in [-0.15, -0.1) is 0 Å². The molecule has 2 aromatic rings. The van der Waals surface area contributed by atoms with E-state index < -0.39 is 0 Å². The maximum Gasteiger partial charge on any atom is 0.264 e. The number of nitrogens with zero attached hydrogens (tertiary/aromatic N) is 3. The Morgan fingerprint density at radius 2 is 1.88 bits per heavy atom. The molecule has 1 aromatic carbocycles. The molecule has 2 heterocycles. The molecule has 0 N–H and O–H groups in total. The number of hydrogen-bond donors (Lipinski definition) is 0. The van der Waals surface area contributed by atoms with Gasteiger partial charge in [-0.25, -0.2) is 0 Å². The Morgan fingerprint density at radius 3 is 2.52 bits per heavy atom. The van der Waals surface area contributed by atoms with Gasteiger partial charge in [0.15, 0.2) is 0 Å². The van der Waals surface area contributed by atoms with Gasteiger partial charge in [0, 0.05) is 38.8 Å². The molecule has 1 aliphatic rings. The summed E-state index contributed by atoms with van der Waals surface area (Å²) in [5, 5.41) is 9.27. The Bertz CT molecular complexity index is 752. The Morgan fingerprint density at radius 1 is 1.12 bits per heavy atom. The fraction of sp³-hybridized carbons (Fsp3) is 0.300. The molecule has 0 radical (unpaired) electrons. The highest BCUT2D eigenvalue weighted by molar-refractivity contribution is 6.01. The van der Waals surface area contributed by atoms with E-state index in [0.29, 0.717) is 18.8 Å². The topological polar surface area (TPSA) is 60.5 Å². The lowest BCUT2D eigenvalue weighted by molar-refractivity contribution is -0.128. The van der Waals surface area contributed by atoms with Crippen molar-refractivity contribution in [2.45, 2.75) is 6.42 Å². The number of hydrogen-bond acceptors (Lipinski definition) is 4. The zero-order chi connectivity index (χ0) is 17.5. The van der Waals surface area contributed by atoms with Gasteiger partial charge in [0.1, 0.15) is 17.4 Å². The fourth-order valence-corrected chi connectivity index (χ4v) is 2.93. The van der Waals surface area contributed by atoms with Gasteiger partial charge in [0.25, 0.3) is 5.91 Å². The minimum absolute atomic E-state index is 0.118. The monoisotopic (exact) mass is 335 g/mol. The molecule has 1 aliphatic heterocycles. The van der Waals surface area contributed by atoms with Gasteiger partial charge in [-0.1, -0.05) is 30.3 Å². The van der Waals surface area contributed by atoms with Crippen LogP contribution >= 0.6 is 0 Å². The van der Waals surface area contributed by atoms with Gasteiger partial charge in [0.05, 0.1) is 6.26 Å². The smallest absolute Gasteiger partial charge is 0.264 e. The van der Waals surface area contributed by atoms with Crippen molar-refractivity contribution in [2.75, 3.05) is 32.7 Å². The van der Waals surface area contributed by atoms with E-state index in [-0.39, 0.29) is 11.5 Å². The second-order valence-electron chi connectivity index (χ2n) is 6.05. The van der Waals surface area contributed by atoms with Gasteiger partial charge < -0.3 is 9.32 Å². The van der Waals surface area contributed by atoms with Crippen molar-refractivity contribution in [3.05, 3.63) is 65.6 Å². The average Bonchev–Trinajstić information content (AvgIpc) is 3.18. The predicted octanol–water partition coefficient (Wildman–Crippen LogP) is 2.57. The normalized spacial score (nSPS) is 15.8. The van der Waals surface area contributed by atoms with E-state index in [1.54, 1.807) is 17.0 Å². The van der Waals surface area contributed by atoms with Crippen LogP contribution in [0.2, 0.25) is 0 Å². The molecule has 0 saturated carbocycles. The molecule has 1 saturated heterocycles. The number of rotatable bonds is 5. The molecule has 5 nitrogen and oxygen atoms in total. The van der Waals surface area contributed by atoms with Gasteiger partial charge in [0.2, 0.25) is 0 Å². The lowest BCUT2D eigenvalue weighted by Crippen LogP contribution is -2.49. The molecule has 1 aromatic heterocycles. The Labute approximate surface area is 147 Å². The molecule has 1 amide bonds. The third-order valence-corrected chi connectivity index (χ3v) is 4.40. The van der Waals surface area contributed by atoms with E-state index in [2.05, 4.69) is 29.2 Å². The third kappa shape index (κ3) is 4.59. The minimum atomic E-state index is -0.221. The van der Waals surface area contributed by atoms with Crippen molar-refractivity contribution in [3.63, 3.8) is 0 Å². The van der Waals surface area contributed by atoms with E-state index in [1.807, 2.05) is 12.1 Å². The summed E-state index contributed by atoms with van der Waals surface area (Å²) in [5.41, 5.74) is 1.45. The van der Waals surface area contributed by atoms with Crippen LogP contribution in [0, 0.1) is 11.3 Å². The van der Waals surface area contributed by atoms with Crippen LogP contribution in [0.1, 0.15) is 11.3 Å². The summed E-state index contributed by atoms with van der Waals surface area (Å²) in [6, 6.07) is 15.9. The number of piperazine rings is 1. The van der Waals surface area contributed by atoms with Crippen molar-refractivity contribution in [1.29, 1.82) is 5.26 Å². The summed E-state index contributed by atoms with van der Waals surface area (Å²) < 4.78 is 5.19. The standard InChI is InChI=1S/C20H21N3O2/c21-16-18(15-19-7-4-14-25-19)20(24)23-12-10-22(11-13-23)9-8-17-5-2-1-3-6-17/h1-7,14-15H,8-13H2. The van der Waals surface area contributed by atoms with Crippen LogP contribution in [0.15, 0.2) is 58.7 Å². The van der Waals surface area contributed by atoms with Crippen molar-refractivity contribution < 1.29 is 9.21 Å². The van der Waals surface area contributed by atoms with Crippen LogP contribution in [-0.2, 0) is 11.2 Å². The first-order chi connectivity index (χ1) is 12.3. The maximum atomic E-state index is 12.5. The first-order valence-electron chi connectivity index (χ1n) is 8.47. The predicted molar refractivity (Wildman–Crippen MR) is 95.5 cm³/mol. The second kappa shape index (κ2) is 8.32. The van der Waals surface area contributed by atoms with Gasteiger partial charge in [-0.2, -0.15) is 5.26 Å². The molecule has 1 fully saturated rings. The van der Waals surface area contributed by atoms with Crippen LogP contribution in [0.25, 0.3) is 6.08 Å². The molecular weight excluding hydrogens is 314 g/mol. The molecule has 0 aliphatic carbocycles. The van der Waals surface area contributed by atoms with Crippen molar-refractivity contribution >= 4 is 12.0 Å². The summed E-state index contributed by atoms with van der Waals surface area (Å²) >= 11 is 0. The first-order valence-corrected chi connectivity index (χ1v) is 8.47. The number of carbonyl (C=O) groups excluding carboxylic acids is 1. The van der Waals surface area contributed by atoms with E-state index in [0.717, 1.165) is 26.1 Å². The molecule has 5 heteroatoms. The molecule has 3 rings (SSSR count). The van der Waals surface area contributed by atoms with Crippen LogP contribution in [-0.4, -0.2) is 48.4 Å². The molecule has 25 heavy (non-hydrogen) atoms. The van der Waals surface area contributed by atoms with E-state index in [9.17, 15) is 10.1 Å². The lowest BCUT2D eigenvalue weighted by Gasteiger charge is -2.34. The summed E-state index contributed by atoms with van der Waals surface area (Å²) in [7, 11) is 0. The lowest BCUT2D eigenvalue weighted by atomic mass is 10.1. The van der Waals surface area contributed by atoms with E-state index in [1.165, 1.54) is 17.9 Å². The summed E-state index contributed by atoms with van der Waals surface area (Å²) in [4.78, 5) is 16.6. The fourth-order valence-electron chi connectivity index (χ4n) is 2.93. The van der Waals surface area contributed by atoms with E-state index >= 15 is 0 Å². The molecule has 128 valence electrons. The summed E-state index contributed by atoms with van der Waals surface area (Å²) in [6.45, 7) is 3.94. The van der Waals surface area contributed by atoms with Crippen LogP contribution < -0.4 is 0 Å². The van der Waals surface area contributed by atoms with Crippen molar-refractivity contribution in [3.8, 4) is 6.07 Å². The number of nitriles is 1. The maximum absolute atomic E-state index is 12.5. The molecule has 0 unspecified atom stereocenters. The van der Waals surface area contributed by atoms with Gasteiger partial charge in [-0.3, -0.25) is 9.69 Å². The quantitative estimate of drug-likeness (QED) is 0.622. The molecule has 0 atom stereocenters. The van der Waals surface area contributed by atoms with Gasteiger partial charge >= 0.3 is 0 Å². The number of benzene rings is 1. The first kappa shape index (κ1) is 17.0. The van der Waals surface area contributed by atoms with Crippen LogP contribution in [0.3, 0.4) is 0 Å². The Kier molecular flexibility index (Phi) is 5.65. The SMILES string of the molecule is N#CC(=Cc1ccco1)C(=O)N1CCN(CCc2ccccc2)CC1. The average molecular weight is 335 g/mol. The zero-order valence-electron chi connectivity index (χ0n) is 14.1. The van der Waals surface area contributed by atoms with Crippen LogP contribution in [0.4, 0.5) is 0 Å². The summed E-state index contributed by atoms with van der Waals surface area (Å²) in [5.74, 6) is 0.299.